The van der Waals surface area contributed by atoms with Gasteiger partial charge in [0, 0.05) is 12.6 Å². The number of aryl methyl sites for hydroxylation is 1. The fraction of sp³-hybridized carbons (Fsp3) is 0.273. The largest absolute Gasteiger partial charge is 0.506 e. The van der Waals surface area contributed by atoms with E-state index in [1.165, 1.54) is 6.07 Å². The number of hydrogen-bond acceptors (Lipinski definition) is 4. The second kappa shape index (κ2) is 4.42. The average Bonchev–Trinajstić information content (AvgIpc) is 2.67. The second-order valence-corrected chi connectivity index (χ2v) is 3.69. The number of aromatic hydroxyl groups is 1. The number of carboxylic acid groups (broad SMARTS) is 1. The summed E-state index contributed by atoms with van der Waals surface area (Å²) in [6.45, 7) is 0.510. The lowest BCUT2D eigenvalue weighted by atomic mass is 10.3. The average molecular weight is 235 g/mol. The number of aromatic carboxylic acids is 1. The number of fused-ring (bicyclic) bond motifs is 1. The lowest BCUT2D eigenvalue weighted by Crippen LogP contribution is -2.03. The zero-order valence-corrected chi connectivity index (χ0v) is 9.13. The monoisotopic (exact) mass is 235 g/mol. The predicted octanol–water partition coefficient (Wildman–Crippen LogP) is 0.629. The lowest BCUT2D eigenvalue weighted by molar-refractivity contribution is 0.0693. The third-order valence-corrected chi connectivity index (χ3v) is 2.52. The summed E-state index contributed by atoms with van der Waals surface area (Å²) in [5, 5.41) is 18.7. The van der Waals surface area contributed by atoms with Crippen molar-refractivity contribution in [2.75, 3.05) is 6.54 Å². The highest BCUT2D eigenvalue weighted by atomic mass is 16.4. The van der Waals surface area contributed by atoms with E-state index >= 15 is 0 Å². The standard InChI is InChI=1S/C11H13N3O3/c12-5-1-4-8-13-9(11(16)17)10-7(15)3-2-6-14(8)10/h2-3,6,15H,1,4-5,12H2,(H,16,17). The van der Waals surface area contributed by atoms with E-state index in [0.29, 0.717) is 25.2 Å². The van der Waals surface area contributed by atoms with Gasteiger partial charge >= 0.3 is 5.97 Å². The molecule has 4 N–H and O–H groups in total. The van der Waals surface area contributed by atoms with Crippen molar-refractivity contribution in [2.24, 2.45) is 5.73 Å². The maximum absolute atomic E-state index is 11.0. The summed E-state index contributed by atoms with van der Waals surface area (Å²) < 4.78 is 1.59. The fourth-order valence-corrected chi connectivity index (χ4v) is 1.77. The molecule has 0 saturated carbocycles. The predicted molar refractivity (Wildman–Crippen MR) is 61.2 cm³/mol. The molecule has 0 saturated heterocycles. The Morgan fingerprint density at radius 2 is 2.29 bits per heavy atom. The molecule has 0 bridgehead atoms. The minimum Gasteiger partial charge on any atom is -0.506 e. The van der Waals surface area contributed by atoms with Crippen molar-refractivity contribution in [3.05, 3.63) is 29.8 Å². The van der Waals surface area contributed by atoms with Crippen LogP contribution < -0.4 is 5.73 Å². The molecule has 6 nitrogen and oxygen atoms in total. The Bertz CT molecular complexity index is 562. The number of aromatic nitrogens is 2. The Hall–Kier alpha value is -2.08. The third kappa shape index (κ3) is 1.94. The minimum atomic E-state index is -1.15. The van der Waals surface area contributed by atoms with Crippen LogP contribution in [0, 0.1) is 0 Å². The van der Waals surface area contributed by atoms with Gasteiger partial charge in [-0.1, -0.05) is 0 Å². The number of hydrogen-bond donors (Lipinski definition) is 3. The first-order chi connectivity index (χ1) is 8.15. The Morgan fingerprint density at radius 1 is 1.53 bits per heavy atom. The molecular formula is C11H13N3O3. The molecule has 0 fully saturated rings. The summed E-state index contributed by atoms with van der Waals surface area (Å²) in [7, 11) is 0. The fourth-order valence-electron chi connectivity index (χ4n) is 1.77. The van der Waals surface area contributed by atoms with Crippen molar-refractivity contribution in [3.63, 3.8) is 0 Å². The first-order valence-corrected chi connectivity index (χ1v) is 5.27. The quantitative estimate of drug-likeness (QED) is 0.721. The zero-order valence-electron chi connectivity index (χ0n) is 9.13. The molecule has 2 aromatic heterocycles. The third-order valence-electron chi connectivity index (χ3n) is 2.52. The summed E-state index contributed by atoms with van der Waals surface area (Å²) in [6.07, 6.45) is 2.97. The van der Waals surface area contributed by atoms with Crippen LogP contribution in [0.2, 0.25) is 0 Å². The number of nitrogens with two attached hydrogens (primary N) is 1. The van der Waals surface area contributed by atoms with Gasteiger partial charge in [0.2, 0.25) is 0 Å². The minimum absolute atomic E-state index is 0.0867. The molecule has 0 atom stereocenters. The van der Waals surface area contributed by atoms with Crippen LogP contribution >= 0.6 is 0 Å². The zero-order chi connectivity index (χ0) is 12.4. The van der Waals surface area contributed by atoms with Gasteiger partial charge in [-0.3, -0.25) is 4.40 Å². The van der Waals surface area contributed by atoms with Gasteiger partial charge in [0.25, 0.3) is 0 Å². The van der Waals surface area contributed by atoms with Crippen molar-refractivity contribution < 1.29 is 15.0 Å². The molecule has 0 spiro atoms. The van der Waals surface area contributed by atoms with Gasteiger partial charge in [0.05, 0.1) is 0 Å². The van der Waals surface area contributed by atoms with E-state index < -0.39 is 5.97 Å². The van der Waals surface area contributed by atoms with Crippen molar-refractivity contribution in [2.45, 2.75) is 12.8 Å². The normalized spacial score (nSPS) is 10.9. The van der Waals surface area contributed by atoms with Gasteiger partial charge in [-0.25, -0.2) is 9.78 Å². The van der Waals surface area contributed by atoms with E-state index in [-0.39, 0.29) is 17.0 Å². The molecule has 0 aliphatic carbocycles. The van der Waals surface area contributed by atoms with Gasteiger partial charge in [-0.15, -0.1) is 0 Å². The number of rotatable bonds is 4. The van der Waals surface area contributed by atoms with Crippen LogP contribution in [0.25, 0.3) is 5.52 Å². The Labute approximate surface area is 97.3 Å². The Kier molecular flexibility index (Phi) is 2.97. The molecule has 2 heterocycles. The van der Waals surface area contributed by atoms with Gasteiger partial charge in [0.1, 0.15) is 17.1 Å². The maximum Gasteiger partial charge on any atom is 0.356 e. The van der Waals surface area contributed by atoms with Gasteiger partial charge in [-0.05, 0) is 25.1 Å². The van der Waals surface area contributed by atoms with Crippen molar-refractivity contribution >= 4 is 11.5 Å². The van der Waals surface area contributed by atoms with E-state index in [4.69, 9.17) is 10.8 Å². The lowest BCUT2D eigenvalue weighted by Gasteiger charge is -2.00. The number of nitrogens with zero attached hydrogens (tertiary/aromatic N) is 2. The molecule has 0 aliphatic rings. The molecule has 0 unspecified atom stereocenters. The number of pyridine rings is 1. The van der Waals surface area contributed by atoms with Crippen molar-refractivity contribution in [1.29, 1.82) is 0 Å². The van der Waals surface area contributed by atoms with E-state index in [1.807, 2.05) is 0 Å². The van der Waals surface area contributed by atoms with Gasteiger partial charge in [-0.2, -0.15) is 0 Å². The van der Waals surface area contributed by atoms with Crippen LogP contribution in [0.5, 0.6) is 5.75 Å². The molecule has 0 radical (unpaired) electrons. The molecular weight excluding hydrogens is 222 g/mol. The van der Waals surface area contributed by atoms with Crippen LogP contribution in [-0.2, 0) is 6.42 Å². The number of imidazole rings is 1. The Balaban J connectivity index is 2.62. The highest BCUT2D eigenvalue weighted by molar-refractivity contribution is 5.95. The maximum atomic E-state index is 11.0. The van der Waals surface area contributed by atoms with Gasteiger partial charge in [0.15, 0.2) is 5.69 Å². The smallest absolute Gasteiger partial charge is 0.356 e. The number of carboxylic acids is 1. The molecule has 90 valence electrons. The molecule has 0 amide bonds. The molecule has 6 heteroatoms. The first-order valence-electron chi connectivity index (χ1n) is 5.27. The van der Waals surface area contributed by atoms with E-state index in [0.717, 1.165) is 0 Å². The van der Waals surface area contributed by atoms with Crippen LogP contribution in [-0.4, -0.2) is 32.1 Å². The van der Waals surface area contributed by atoms with Crippen molar-refractivity contribution in [1.82, 2.24) is 9.38 Å². The summed E-state index contributed by atoms with van der Waals surface area (Å²) in [4.78, 5) is 15.1. The Morgan fingerprint density at radius 3 is 2.94 bits per heavy atom. The van der Waals surface area contributed by atoms with E-state index in [1.54, 1.807) is 16.7 Å². The van der Waals surface area contributed by atoms with E-state index in [9.17, 15) is 9.90 Å². The van der Waals surface area contributed by atoms with Crippen LogP contribution in [0.1, 0.15) is 22.7 Å². The van der Waals surface area contributed by atoms with E-state index in [2.05, 4.69) is 4.98 Å². The van der Waals surface area contributed by atoms with Crippen LogP contribution in [0.3, 0.4) is 0 Å². The number of carbonyl (C=O) groups is 1. The SMILES string of the molecule is NCCCc1nc(C(=O)O)c2c(O)cccn12. The summed E-state index contributed by atoms with van der Waals surface area (Å²) in [5.41, 5.74) is 5.51. The molecule has 0 aliphatic heterocycles. The highest BCUT2D eigenvalue weighted by Gasteiger charge is 2.18. The summed E-state index contributed by atoms with van der Waals surface area (Å²) in [6, 6.07) is 3.08. The first kappa shape index (κ1) is 11.4. The summed E-state index contributed by atoms with van der Waals surface area (Å²) >= 11 is 0. The molecule has 2 aromatic rings. The topological polar surface area (TPSA) is 101 Å². The summed E-state index contributed by atoms with van der Waals surface area (Å²) in [5.74, 6) is -0.641. The molecule has 0 aromatic carbocycles. The van der Waals surface area contributed by atoms with Crippen LogP contribution in [0.4, 0.5) is 0 Å². The molecule has 2 rings (SSSR count). The van der Waals surface area contributed by atoms with Gasteiger partial charge < -0.3 is 15.9 Å². The molecule has 17 heavy (non-hydrogen) atoms. The second-order valence-electron chi connectivity index (χ2n) is 3.69. The van der Waals surface area contributed by atoms with Crippen molar-refractivity contribution in [3.8, 4) is 5.75 Å². The highest BCUT2D eigenvalue weighted by Crippen LogP contribution is 2.23. The van der Waals surface area contributed by atoms with Crippen LogP contribution in [0.15, 0.2) is 18.3 Å².